The maximum Gasteiger partial charge on any atom is 0.220 e. The van der Waals surface area contributed by atoms with Gasteiger partial charge in [-0.25, -0.2) is 0 Å². The van der Waals surface area contributed by atoms with E-state index in [0.717, 1.165) is 0 Å². The quantitative estimate of drug-likeness (QED) is 0.725. The third-order valence-corrected chi connectivity index (χ3v) is 3.90. The van der Waals surface area contributed by atoms with E-state index in [2.05, 4.69) is 5.32 Å². The number of nitrogens with two attached hydrogens (primary N) is 1. The largest absolute Gasteiger partial charge is 0.393 e. The van der Waals surface area contributed by atoms with Crippen molar-refractivity contribution in [2.24, 2.45) is 17.1 Å². The molecule has 0 radical (unpaired) electrons. The molecule has 92 valence electrons. The molecule has 0 spiro atoms. The zero-order valence-electron chi connectivity index (χ0n) is 10.2. The third kappa shape index (κ3) is 4.08. The minimum atomic E-state index is -0.291. The van der Waals surface area contributed by atoms with Gasteiger partial charge in [-0.3, -0.25) is 4.79 Å². The van der Waals surface area contributed by atoms with E-state index in [1.807, 2.05) is 13.8 Å². The summed E-state index contributed by atoms with van der Waals surface area (Å²) in [7, 11) is 0. The van der Waals surface area contributed by atoms with E-state index in [9.17, 15) is 4.79 Å². The fourth-order valence-electron chi connectivity index (χ4n) is 1.96. The highest BCUT2D eigenvalue weighted by atomic mass is 32.1. The van der Waals surface area contributed by atoms with E-state index >= 15 is 0 Å². The lowest BCUT2D eigenvalue weighted by atomic mass is 9.93. The van der Waals surface area contributed by atoms with E-state index in [1.165, 1.54) is 25.7 Å². The number of carbonyl (C=O) groups excluding carboxylic acids is 1. The maximum absolute atomic E-state index is 11.7. The van der Waals surface area contributed by atoms with Gasteiger partial charge in [0.05, 0.1) is 4.99 Å². The molecular weight excluding hydrogens is 220 g/mol. The molecule has 0 aliphatic heterocycles. The van der Waals surface area contributed by atoms with Crippen molar-refractivity contribution in [1.82, 2.24) is 5.32 Å². The normalized spacial score (nSPS) is 17.4. The Morgan fingerprint density at radius 1 is 1.44 bits per heavy atom. The van der Waals surface area contributed by atoms with Crippen molar-refractivity contribution in [3.8, 4) is 0 Å². The fraction of sp³-hybridized carbons (Fsp3) is 0.833. The second-order valence-corrected chi connectivity index (χ2v) is 5.82. The Bertz CT molecular complexity index is 270. The Morgan fingerprint density at radius 3 is 2.50 bits per heavy atom. The molecule has 1 aliphatic carbocycles. The molecule has 4 heteroatoms. The molecule has 1 fully saturated rings. The molecule has 0 aromatic rings. The van der Waals surface area contributed by atoms with Gasteiger partial charge >= 0.3 is 0 Å². The first-order chi connectivity index (χ1) is 7.42. The number of rotatable bonds is 5. The topological polar surface area (TPSA) is 55.1 Å². The summed E-state index contributed by atoms with van der Waals surface area (Å²) in [4.78, 5) is 12.1. The average molecular weight is 242 g/mol. The van der Waals surface area contributed by atoms with Gasteiger partial charge in [-0.15, -0.1) is 0 Å². The van der Waals surface area contributed by atoms with E-state index in [4.69, 9.17) is 18.0 Å². The van der Waals surface area contributed by atoms with E-state index < -0.39 is 0 Å². The van der Waals surface area contributed by atoms with Gasteiger partial charge in [-0.1, -0.05) is 38.9 Å². The average Bonchev–Trinajstić information content (AvgIpc) is 2.67. The van der Waals surface area contributed by atoms with Crippen molar-refractivity contribution in [2.45, 2.75) is 46.0 Å². The molecule has 0 bridgehead atoms. The Hall–Kier alpha value is -0.640. The van der Waals surface area contributed by atoms with Crippen molar-refractivity contribution in [2.75, 3.05) is 6.54 Å². The molecule has 0 heterocycles. The monoisotopic (exact) mass is 242 g/mol. The van der Waals surface area contributed by atoms with Gasteiger partial charge in [0.25, 0.3) is 0 Å². The highest BCUT2D eigenvalue weighted by molar-refractivity contribution is 7.80. The van der Waals surface area contributed by atoms with Crippen LogP contribution in [0, 0.1) is 11.3 Å². The minimum absolute atomic E-state index is 0.135. The van der Waals surface area contributed by atoms with Crippen molar-refractivity contribution in [3.05, 3.63) is 0 Å². The second kappa shape index (κ2) is 5.62. The van der Waals surface area contributed by atoms with E-state index in [1.54, 1.807) is 0 Å². The van der Waals surface area contributed by atoms with Crippen molar-refractivity contribution in [3.63, 3.8) is 0 Å². The number of carbonyl (C=O) groups is 1. The summed E-state index contributed by atoms with van der Waals surface area (Å²) in [6, 6.07) is 0. The molecule has 0 saturated heterocycles. The maximum atomic E-state index is 11.7. The van der Waals surface area contributed by atoms with Crippen molar-refractivity contribution >= 4 is 23.1 Å². The van der Waals surface area contributed by atoms with Gasteiger partial charge in [0, 0.05) is 18.4 Å². The summed E-state index contributed by atoms with van der Waals surface area (Å²) >= 11 is 4.95. The standard InChI is InChI=1S/C12H22N2OS/c1-12(2,11(13)16)8-14-10(15)7-9-5-3-4-6-9/h9H,3-8H2,1-2H3,(H2,13,16)(H,14,15). The summed E-state index contributed by atoms with van der Waals surface area (Å²) < 4.78 is 0. The Labute approximate surface area is 103 Å². The molecule has 3 N–H and O–H groups in total. The molecule has 1 amide bonds. The van der Waals surface area contributed by atoms with Crippen molar-refractivity contribution in [1.29, 1.82) is 0 Å². The van der Waals surface area contributed by atoms with Crippen LogP contribution in [-0.2, 0) is 4.79 Å². The first-order valence-corrected chi connectivity index (χ1v) is 6.39. The zero-order valence-corrected chi connectivity index (χ0v) is 11.0. The van der Waals surface area contributed by atoms with Crippen LogP contribution in [0.1, 0.15) is 46.0 Å². The van der Waals surface area contributed by atoms with Crippen LogP contribution < -0.4 is 11.1 Å². The zero-order chi connectivity index (χ0) is 12.2. The molecule has 1 saturated carbocycles. The summed E-state index contributed by atoms with van der Waals surface area (Å²) in [5.74, 6) is 0.726. The minimum Gasteiger partial charge on any atom is -0.393 e. The molecule has 3 nitrogen and oxygen atoms in total. The lowest BCUT2D eigenvalue weighted by Gasteiger charge is -2.23. The Balaban J connectivity index is 2.26. The highest BCUT2D eigenvalue weighted by Crippen LogP contribution is 2.27. The first kappa shape index (κ1) is 13.4. The fourth-order valence-corrected chi connectivity index (χ4v) is 2.03. The predicted octanol–water partition coefficient (Wildman–Crippen LogP) is 2.00. The number of thiocarbonyl (C=S) groups is 1. The van der Waals surface area contributed by atoms with E-state index in [0.29, 0.717) is 23.9 Å². The summed E-state index contributed by atoms with van der Waals surface area (Å²) in [5.41, 5.74) is 5.31. The molecule has 0 atom stereocenters. The number of hydrogen-bond donors (Lipinski definition) is 2. The van der Waals surface area contributed by atoms with Crippen LogP contribution >= 0.6 is 12.2 Å². The molecule has 0 aromatic heterocycles. The first-order valence-electron chi connectivity index (χ1n) is 5.98. The van der Waals surface area contributed by atoms with Gasteiger partial charge in [0.15, 0.2) is 0 Å². The van der Waals surface area contributed by atoms with E-state index in [-0.39, 0.29) is 11.3 Å². The van der Waals surface area contributed by atoms with Gasteiger partial charge in [0.1, 0.15) is 0 Å². The number of nitrogens with one attached hydrogen (secondary N) is 1. The van der Waals surface area contributed by atoms with Crippen LogP contribution in [0.3, 0.4) is 0 Å². The highest BCUT2D eigenvalue weighted by Gasteiger charge is 2.23. The van der Waals surface area contributed by atoms with Crippen LogP contribution in [0.15, 0.2) is 0 Å². The summed E-state index contributed by atoms with van der Waals surface area (Å²) in [6.45, 7) is 4.43. The third-order valence-electron chi connectivity index (χ3n) is 3.34. The van der Waals surface area contributed by atoms with Crippen molar-refractivity contribution < 1.29 is 4.79 Å². The lowest BCUT2D eigenvalue weighted by molar-refractivity contribution is -0.122. The Kier molecular flexibility index (Phi) is 4.71. The molecule has 0 unspecified atom stereocenters. The predicted molar refractivity (Wildman–Crippen MR) is 70.2 cm³/mol. The van der Waals surface area contributed by atoms with Gasteiger partial charge in [-0.05, 0) is 18.8 Å². The number of amides is 1. The van der Waals surface area contributed by atoms with Gasteiger partial charge in [-0.2, -0.15) is 0 Å². The van der Waals surface area contributed by atoms with Crippen LogP contribution in [-0.4, -0.2) is 17.4 Å². The summed E-state index contributed by atoms with van der Waals surface area (Å²) in [5, 5.41) is 2.92. The van der Waals surface area contributed by atoms with Crippen LogP contribution in [0.5, 0.6) is 0 Å². The van der Waals surface area contributed by atoms with Crippen LogP contribution in [0.4, 0.5) is 0 Å². The van der Waals surface area contributed by atoms with Crippen LogP contribution in [0.25, 0.3) is 0 Å². The summed E-state index contributed by atoms with van der Waals surface area (Å²) in [6.07, 6.45) is 5.61. The molecule has 16 heavy (non-hydrogen) atoms. The second-order valence-electron chi connectivity index (χ2n) is 5.38. The smallest absolute Gasteiger partial charge is 0.220 e. The van der Waals surface area contributed by atoms with Gasteiger partial charge < -0.3 is 11.1 Å². The Morgan fingerprint density at radius 2 is 2.00 bits per heavy atom. The molecule has 1 aliphatic rings. The molecular formula is C12H22N2OS. The molecule has 1 rings (SSSR count). The molecule has 0 aromatic carbocycles. The SMILES string of the molecule is CC(C)(CNC(=O)CC1CCCC1)C(N)=S. The van der Waals surface area contributed by atoms with Crippen LogP contribution in [0.2, 0.25) is 0 Å². The lowest BCUT2D eigenvalue weighted by Crippen LogP contribution is -2.41. The van der Waals surface area contributed by atoms with Gasteiger partial charge in [0.2, 0.25) is 5.91 Å². The number of hydrogen-bond acceptors (Lipinski definition) is 2.